The molecule has 2 rings (SSSR count). The Kier molecular flexibility index (Phi) is 4.54. The van der Waals surface area contributed by atoms with Gasteiger partial charge in [-0.1, -0.05) is 29.8 Å². The van der Waals surface area contributed by atoms with Crippen LogP contribution in [0.2, 0.25) is 5.02 Å². The number of nitrogens with one attached hydrogen (secondary N) is 1. The molecule has 0 unspecified atom stereocenters. The van der Waals surface area contributed by atoms with Crippen molar-refractivity contribution in [1.29, 1.82) is 0 Å². The second-order valence-corrected chi connectivity index (χ2v) is 5.25. The lowest BCUT2D eigenvalue weighted by Crippen LogP contribution is -2.21. The van der Waals surface area contributed by atoms with Crippen LogP contribution in [0.25, 0.3) is 0 Å². The van der Waals surface area contributed by atoms with Gasteiger partial charge in [0, 0.05) is 17.6 Å². The van der Waals surface area contributed by atoms with E-state index < -0.39 is 0 Å². The first kappa shape index (κ1) is 14.0. The molecule has 0 spiro atoms. The fourth-order valence-corrected chi connectivity index (χ4v) is 2.36. The highest BCUT2D eigenvalue weighted by Gasteiger charge is 2.14. The number of hydrogen-bond donors (Lipinski definition) is 1. The Morgan fingerprint density at radius 1 is 1.53 bits per heavy atom. The Balaban J connectivity index is 2.08. The number of aryl methyl sites for hydroxylation is 1. The molecule has 0 radical (unpaired) electrons. The molecule has 1 aromatic carbocycles. The molecule has 0 aliphatic rings. The molecular weight excluding hydrogens is 379 g/mol. The molecule has 7 heteroatoms. The van der Waals surface area contributed by atoms with Crippen LogP contribution >= 0.6 is 34.2 Å². The molecule has 1 heterocycles. The summed E-state index contributed by atoms with van der Waals surface area (Å²) in [6.07, 6.45) is 3.12. The predicted octanol–water partition coefficient (Wildman–Crippen LogP) is 2.44. The van der Waals surface area contributed by atoms with E-state index in [-0.39, 0.29) is 5.91 Å². The van der Waals surface area contributed by atoms with Gasteiger partial charge in [-0.05, 0) is 28.7 Å². The molecule has 0 saturated heterocycles. The molecule has 5 nitrogen and oxygen atoms in total. The normalized spacial score (nSPS) is 10.9. The van der Waals surface area contributed by atoms with E-state index >= 15 is 0 Å². The average molecular weight is 389 g/mol. The maximum absolute atomic E-state index is 11.9. The zero-order valence-corrected chi connectivity index (χ0v) is 12.9. The topological polar surface area (TPSA) is 59.3 Å². The van der Waals surface area contributed by atoms with E-state index in [2.05, 4.69) is 15.6 Å². The van der Waals surface area contributed by atoms with E-state index in [9.17, 15) is 4.79 Å². The van der Waals surface area contributed by atoms with Gasteiger partial charge >= 0.3 is 0 Å². The number of rotatable bonds is 3. The Hall–Kier alpha value is -1.41. The number of carbonyl (C=O) groups is 1. The lowest BCUT2D eigenvalue weighted by atomic mass is 10.2. The number of hydrazone groups is 1. The highest BCUT2D eigenvalue weighted by molar-refractivity contribution is 14.1. The first-order valence-electron chi connectivity index (χ1n) is 5.35. The van der Waals surface area contributed by atoms with Crippen LogP contribution in [0.1, 0.15) is 16.1 Å². The largest absolute Gasteiger partial charge is 0.290 e. The highest BCUT2D eigenvalue weighted by atomic mass is 127. The van der Waals surface area contributed by atoms with Gasteiger partial charge in [-0.3, -0.25) is 9.48 Å². The maximum Gasteiger partial charge on any atom is 0.290 e. The number of amides is 1. The maximum atomic E-state index is 11.9. The van der Waals surface area contributed by atoms with E-state index in [0.717, 1.165) is 9.13 Å². The van der Waals surface area contributed by atoms with E-state index in [1.165, 1.54) is 10.9 Å². The van der Waals surface area contributed by atoms with Crippen molar-refractivity contribution in [2.75, 3.05) is 0 Å². The average Bonchev–Trinajstić information content (AvgIpc) is 2.71. The van der Waals surface area contributed by atoms with Crippen molar-refractivity contribution in [2.45, 2.75) is 0 Å². The van der Waals surface area contributed by atoms with Gasteiger partial charge in [-0.25, -0.2) is 5.43 Å². The van der Waals surface area contributed by atoms with Gasteiger partial charge < -0.3 is 0 Å². The molecule has 0 fully saturated rings. The van der Waals surface area contributed by atoms with Gasteiger partial charge in [0.05, 0.1) is 16.0 Å². The Labute approximate surface area is 128 Å². The fraction of sp³-hybridized carbons (Fsp3) is 0.0833. The molecule has 19 heavy (non-hydrogen) atoms. The zero-order chi connectivity index (χ0) is 13.8. The minimum absolute atomic E-state index is 0.312. The lowest BCUT2D eigenvalue weighted by Gasteiger charge is -2.01. The molecule has 0 aliphatic carbocycles. The Bertz CT molecular complexity index is 619. The summed E-state index contributed by atoms with van der Waals surface area (Å²) >= 11 is 8.02. The standard InChI is InChI=1S/C12H10ClIN4O/c1-18-11(10(14)7-16-18)12(19)17-15-6-8-4-2-3-5-9(8)13/h2-7H,1H3,(H,17,19)/b15-6+. The van der Waals surface area contributed by atoms with Crippen LogP contribution in [-0.2, 0) is 7.05 Å². The van der Waals surface area contributed by atoms with Crippen molar-refractivity contribution in [2.24, 2.45) is 12.1 Å². The Morgan fingerprint density at radius 2 is 2.26 bits per heavy atom. The van der Waals surface area contributed by atoms with Crippen LogP contribution in [-0.4, -0.2) is 21.9 Å². The summed E-state index contributed by atoms with van der Waals surface area (Å²) in [5.74, 6) is -0.312. The third kappa shape index (κ3) is 3.32. The highest BCUT2D eigenvalue weighted by Crippen LogP contribution is 2.12. The smallest absolute Gasteiger partial charge is 0.266 e. The Morgan fingerprint density at radius 3 is 2.89 bits per heavy atom. The molecule has 1 amide bonds. The van der Waals surface area contributed by atoms with Crippen molar-refractivity contribution in [3.05, 3.63) is 50.3 Å². The molecule has 0 atom stereocenters. The summed E-state index contributed by atoms with van der Waals surface area (Å²) in [5, 5.41) is 8.46. The second-order valence-electron chi connectivity index (χ2n) is 3.69. The summed E-state index contributed by atoms with van der Waals surface area (Å²) < 4.78 is 2.27. The number of carbonyl (C=O) groups excluding carboxylic acids is 1. The van der Waals surface area contributed by atoms with Crippen molar-refractivity contribution in [1.82, 2.24) is 15.2 Å². The monoisotopic (exact) mass is 388 g/mol. The van der Waals surface area contributed by atoms with E-state index in [1.807, 2.05) is 40.8 Å². The minimum Gasteiger partial charge on any atom is -0.266 e. The first-order valence-corrected chi connectivity index (χ1v) is 6.80. The first-order chi connectivity index (χ1) is 9.09. The number of hydrogen-bond acceptors (Lipinski definition) is 3. The molecular formula is C12H10ClIN4O. The van der Waals surface area contributed by atoms with E-state index in [1.54, 1.807) is 19.3 Å². The van der Waals surface area contributed by atoms with Crippen molar-refractivity contribution < 1.29 is 4.79 Å². The fourth-order valence-electron chi connectivity index (χ4n) is 1.46. The van der Waals surface area contributed by atoms with Crippen LogP contribution in [0.5, 0.6) is 0 Å². The molecule has 2 aromatic rings. The van der Waals surface area contributed by atoms with Gasteiger partial charge in [0.25, 0.3) is 5.91 Å². The molecule has 0 bridgehead atoms. The summed E-state index contributed by atoms with van der Waals surface area (Å²) in [5.41, 5.74) is 3.66. The SMILES string of the molecule is Cn1ncc(I)c1C(=O)N/N=C/c1ccccc1Cl. The van der Waals surface area contributed by atoms with Crippen molar-refractivity contribution in [3.63, 3.8) is 0 Å². The summed E-state index contributed by atoms with van der Waals surface area (Å²) in [4.78, 5) is 11.9. The zero-order valence-electron chi connectivity index (χ0n) is 9.97. The van der Waals surface area contributed by atoms with Gasteiger partial charge in [-0.2, -0.15) is 10.2 Å². The lowest BCUT2D eigenvalue weighted by molar-refractivity contribution is 0.0945. The second kappa shape index (κ2) is 6.16. The molecule has 0 aliphatic heterocycles. The number of aromatic nitrogens is 2. The quantitative estimate of drug-likeness (QED) is 0.499. The molecule has 1 aromatic heterocycles. The molecule has 98 valence electrons. The number of nitrogens with zero attached hydrogens (tertiary/aromatic N) is 3. The van der Waals surface area contributed by atoms with Crippen LogP contribution in [0.15, 0.2) is 35.6 Å². The van der Waals surface area contributed by atoms with Gasteiger partial charge in [0.1, 0.15) is 5.69 Å². The third-order valence-electron chi connectivity index (χ3n) is 2.38. The minimum atomic E-state index is -0.312. The van der Waals surface area contributed by atoms with Gasteiger partial charge in [0.15, 0.2) is 0 Å². The summed E-state index contributed by atoms with van der Waals surface area (Å²) in [7, 11) is 1.70. The van der Waals surface area contributed by atoms with Crippen LogP contribution < -0.4 is 5.43 Å². The number of halogens is 2. The van der Waals surface area contributed by atoms with Gasteiger partial charge in [-0.15, -0.1) is 0 Å². The third-order valence-corrected chi connectivity index (χ3v) is 3.52. The predicted molar refractivity (Wildman–Crippen MR) is 82.4 cm³/mol. The summed E-state index contributed by atoms with van der Waals surface area (Å²) in [6, 6.07) is 7.25. The molecule has 1 N–H and O–H groups in total. The van der Waals surface area contributed by atoms with Crippen LogP contribution in [0.3, 0.4) is 0 Å². The summed E-state index contributed by atoms with van der Waals surface area (Å²) in [6.45, 7) is 0. The van der Waals surface area contributed by atoms with Crippen LogP contribution in [0, 0.1) is 3.57 Å². The van der Waals surface area contributed by atoms with Crippen LogP contribution in [0.4, 0.5) is 0 Å². The number of benzene rings is 1. The van der Waals surface area contributed by atoms with Crippen molar-refractivity contribution >= 4 is 46.3 Å². The van der Waals surface area contributed by atoms with Gasteiger partial charge in [0.2, 0.25) is 0 Å². The van der Waals surface area contributed by atoms with E-state index in [0.29, 0.717) is 10.7 Å². The van der Waals surface area contributed by atoms with E-state index in [4.69, 9.17) is 11.6 Å². The van der Waals surface area contributed by atoms with Crippen molar-refractivity contribution in [3.8, 4) is 0 Å². The molecule has 0 saturated carbocycles.